The van der Waals surface area contributed by atoms with E-state index in [-0.39, 0.29) is 17.9 Å². The number of carbonyl (C=O) groups excluding carboxylic acids is 1. The summed E-state index contributed by atoms with van der Waals surface area (Å²) >= 11 is 5.96. The second-order valence-corrected chi connectivity index (χ2v) is 5.66. The number of rotatable bonds is 4. The van der Waals surface area contributed by atoms with Crippen LogP contribution in [0.25, 0.3) is 0 Å². The van der Waals surface area contributed by atoms with Gasteiger partial charge in [-0.05, 0) is 50.3 Å². The molecule has 2 rings (SSSR count). The van der Waals surface area contributed by atoms with Crippen molar-refractivity contribution < 1.29 is 4.79 Å². The predicted molar refractivity (Wildman–Crippen MR) is 79.2 cm³/mol. The van der Waals surface area contributed by atoms with Gasteiger partial charge in [-0.2, -0.15) is 0 Å². The van der Waals surface area contributed by atoms with Crippen molar-refractivity contribution in [1.29, 1.82) is 0 Å². The fourth-order valence-electron chi connectivity index (χ4n) is 2.46. The lowest BCUT2D eigenvalue weighted by Gasteiger charge is -2.21. The molecule has 0 fully saturated rings. The lowest BCUT2D eigenvalue weighted by molar-refractivity contribution is -0.125. The average Bonchev–Trinajstić information content (AvgIpc) is 2.39. The number of halogens is 1. The Kier molecular flexibility index (Phi) is 5.03. The minimum Gasteiger partial charge on any atom is -0.353 e. The third kappa shape index (κ3) is 4.39. The topological polar surface area (TPSA) is 29.1 Å². The lowest BCUT2D eigenvalue weighted by atomic mass is 9.93. The van der Waals surface area contributed by atoms with Crippen LogP contribution in [0.1, 0.15) is 31.7 Å². The monoisotopic (exact) mass is 277 g/mol. The zero-order valence-corrected chi connectivity index (χ0v) is 12.0. The van der Waals surface area contributed by atoms with Gasteiger partial charge in [-0.25, -0.2) is 0 Å². The highest BCUT2D eigenvalue weighted by Gasteiger charge is 2.20. The quantitative estimate of drug-likeness (QED) is 0.835. The van der Waals surface area contributed by atoms with E-state index in [1.165, 1.54) is 0 Å². The molecule has 0 saturated carbocycles. The van der Waals surface area contributed by atoms with Crippen molar-refractivity contribution in [3.05, 3.63) is 47.0 Å². The maximum absolute atomic E-state index is 12.1. The first kappa shape index (κ1) is 14.1. The summed E-state index contributed by atoms with van der Waals surface area (Å²) in [6.07, 6.45) is 7.92. The second kappa shape index (κ2) is 6.76. The smallest absolute Gasteiger partial charge is 0.223 e. The molecule has 1 aliphatic carbocycles. The molecule has 3 heteroatoms. The van der Waals surface area contributed by atoms with Gasteiger partial charge >= 0.3 is 0 Å². The minimum atomic E-state index is 0.136. The van der Waals surface area contributed by atoms with Gasteiger partial charge in [-0.1, -0.05) is 35.9 Å². The van der Waals surface area contributed by atoms with Crippen LogP contribution in [0.4, 0.5) is 0 Å². The molecular formula is C16H20ClNO. The summed E-state index contributed by atoms with van der Waals surface area (Å²) in [5.41, 5.74) is 1.16. The molecule has 2 atom stereocenters. The van der Waals surface area contributed by atoms with E-state index in [0.29, 0.717) is 0 Å². The van der Waals surface area contributed by atoms with E-state index in [4.69, 9.17) is 11.6 Å². The van der Waals surface area contributed by atoms with E-state index in [2.05, 4.69) is 17.5 Å². The van der Waals surface area contributed by atoms with Gasteiger partial charge in [-0.15, -0.1) is 0 Å². The summed E-state index contributed by atoms with van der Waals surface area (Å²) < 4.78 is 0. The summed E-state index contributed by atoms with van der Waals surface area (Å²) in [6, 6.07) is 7.93. The molecule has 2 nitrogen and oxygen atoms in total. The molecule has 1 aromatic carbocycles. The molecule has 0 saturated heterocycles. The van der Waals surface area contributed by atoms with E-state index in [1.54, 1.807) is 0 Å². The Morgan fingerprint density at radius 3 is 3.00 bits per heavy atom. The number of hydrogen-bond acceptors (Lipinski definition) is 1. The first-order chi connectivity index (χ1) is 9.15. The molecule has 1 N–H and O–H groups in total. The predicted octanol–water partition coefficient (Wildman–Crippen LogP) is 3.74. The van der Waals surface area contributed by atoms with E-state index >= 15 is 0 Å². The van der Waals surface area contributed by atoms with Crippen molar-refractivity contribution in [2.45, 2.75) is 38.6 Å². The van der Waals surface area contributed by atoms with Crippen LogP contribution in [0, 0.1) is 5.92 Å². The Balaban J connectivity index is 1.85. The first-order valence-electron chi connectivity index (χ1n) is 6.85. The molecule has 19 heavy (non-hydrogen) atoms. The number of nitrogens with one attached hydrogen (secondary N) is 1. The molecule has 0 aliphatic heterocycles. The van der Waals surface area contributed by atoms with Crippen LogP contribution >= 0.6 is 11.6 Å². The van der Waals surface area contributed by atoms with Crippen molar-refractivity contribution in [2.75, 3.05) is 0 Å². The molecule has 0 radical (unpaired) electrons. The molecule has 0 bridgehead atoms. The Morgan fingerprint density at radius 2 is 2.32 bits per heavy atom. The van der Waals surface area contributed by atoms with Gasteiger partial charge in [0.25, 0.3) is 0 Å². The summed E-state index contributed by atoms with van der Waals surface area (Å²) in [4.78, 5) is 12.1. The van der Waals surface area contributed by atoms with Gasteiger partial charge in [0.05, 0.1) is 0 Å². The van der Waals surface area contributed by atoms with Crippen molar-refractivity contribution in [2.24, 2.45) is 5.92 Å². The van der Waals surface area contributed by atoms with Crippen LogP contribution in [0.5, 0.6) is 0 Å². The molecule has 1 aliphatic rings. The van der Waals surface area contributed by atoms with E-state index in [1.807, 2.05) is 31.2 Å². The molecule has 1 aromatic rings. The third-order valence-corrected chi connectivity index (χ3v) is 3.69. The fourth-order valence-corrected chi connectivity index (χ4v) is 2.67. The summed E-state index contributed by atoms with van der Waals surface area (Å²) in [5, 5.41) is 3.85. The molecular weight excluding hydrogens is 258 g/mol. The largest absolute Gasteiger partial charge is 0.353 e. The number of amides is 1. The Morgan fingerprint density at radius 1 is 1.47 bits per heavy atom. The fraction of sp³-hybridized carbons (Fsp3) is 0.438. The number of allylic oxidation sites excluding steroid dienone is 2. The molecule has 1 amide bonds. The number of carbonyl (C=O) groups is 1. The van der Waals surface area contributed by atoms with Crippen molar-refractivity contribution in [3.63, 3.8) is 0 Å². The zero-order chi connectivity index (χ0) is 13.7. The van der Waals surface area contributed by atoms with Gasteiger partial charge in [0.15, 0.2) is 0 Å². The van der Waals surface area contributed by atoms with E-state index in [0.717, 1.165) is 36.3 Å². The first-order valence-corrected chi connectivity index (χ1v) is 7.23. The molecule has 0 aromatic heterocycles. The number of hydrogen-bond donors (Lipinski definition) is 1. The van der Waals surface area contributed by atoms with E-state index < -0.39 is 0 Å². The average molecular weight is 278 g/mol. The maximum atomic E-state index is 12.1. The highest BCUT2D eigenvalue weighted by molar-refractivity contribution is 6.30. The lowest BCUT2D eigenvalue weighted by Crippen LogP contribution is -2.38. The van der Waals surface area contributed by atoms with Crippen LogP contribution in [0.15, 0.2) is 36.4 Å². The highest BCUT2D eigenvalue weighted by Crippen LogP contribution is 2.18. The van der Waals surface area contributed by atoms with Gasteiger partial charge in [0.2, 0.25) is 5.91 Å². The van der Waals surface area contributed by atoms with Crippen molar-refractivity contribution >= 4 is 17.5 Å². The summed E-state index contributed by atoms with van der Waals surface area (Å²) in [5.74, 6) is 0.325. The molecule has 0 heterocycles. The van der Waals surface area contributed by atoms with Crippen molar-refractivity contribution in [3.8, 4) is 0 Å². The molecule has 0 spiro atoms. The Hall–Kier alpha value is -1.28. The summed E-state index contributed by atoms with van der Waals surface area (Å²) in [7, 11) is 0. The van der Waals surface area contributed by atoms with Crippen LogP contribution < -0.4 is 5.32 Å². The van der Waals surface area contributed by atoms with Crippen LogP contribution in [-0.2, 0) is 11.2 Å². The van der Waals surface area contributed by atoms with Crippen molar-refractivity contribution in [1.82, 2.24) is 5.32 Å². The third-order valence-electron chi connectivity index (χ3n) is 3.46. The SMILES string of the molecule is C[C@H](Cc1cccc(Cl)c1)NC(=O)[C@@H]1CC=CCC1. The van der Waals surface area contributed by atoms with Gasteiger partial charge < -0.3 is 5.32 Å². The maximum Gasteiger partial charge on any atom is 0.223 e. The molecule has 0 unspecified atom stereocenters. The standard InChI is InChI=1S/C16H20ClNO/c1-12(10-13-6-5-9-15(17)11-13)18-16(19)14-7-3-2-4-8-14/h2-3,5-6,9,11-12,14H,4,7-8,10H2,1H3,(H,18,19)/t12-,14-/m1/s1. The summed E-state index contributed by atoms with van der Waals surface area (Å²) in [6.45, 7) is 2.04. The highest BCUT2D eigenvalue weighted by atomic mass is 35.5. The Bertz CT molecular complexity index is 470. The second-order valence-electron chi connectivity index (χ2n) is 5.23. The normalized spacial score (nSPS) is 20.0. The van der Waals surface area contributed by atoms with Crippen LogP contribution in [0.3, 0.4) is 0 Å². The van der Waals surface area contributed by atoms with Crippen LogP contribution in [-0.4, -0.2) is 11.9 Å². The van der Waals surface area contributed by atoms with Gasteiger partial charge in [-0.3, -0.25) is 4.79 Å². The molecule has 102 valence electrons. The van der Waals surface area contributed by atoms with Gasteiger partial charge in [0.1, 0.15) is 0 Å². The zero-order valence-electron chi connectivity index (χ0n) is 11.2. The van der Waals surface area contributed by atoms with Crippen LogP contribution in [0.2, 0.25) is 5.02 Å². The Labute approximate surface area is 119 Å². The number of benzene rings is 1. The van der Waals surface area contributed by atoms with Gasteiger partial charge in [0, 0.05) is 17.0 Å². The minimum absolute atomic E-state index is 0.136. The van der Waals surface area contributed by atoms with E-state index in [9.17, 15) is 4.79 Å².